The van der Waals surface area contributed by atoms with Crippen LogP contribution in [0.1, 0.15) is 15.9 Å². The summed E-state index contributed by atoms with van der Waals surface area (Å²) in [6, 6.07) is 11.9. The quantitative estimate of drug-likeness (QED) is 0.692. The number of carbonyl (C=O) groups is 2. The first-order chi connectivity index (χ1) is 14.0. The number of nitrogens with one attached hydrogen (secondary N) is 2. The highest BCUT2D eigenvalue weighted by molar-refractivity contribution is 6.82. The molecule has 0 saturated heterocycles. The van der Waals surface area contributed by atoms with Crippen molar-refractivity contribution in [2.45, 2.75) is 0 Å². The number of amidine groups is 1. The van der Waals surface area contributed by atoms with Gasteiger partial charge in [0.05, 0.1) is 23.3 Å². The third-order valence-corrected chi connectivity index (χ3v) is 5.27. The number of amides is 2. The average Bonchev–Trinajstić information content (AvgIpc) is 3.20. The molecule has 2 aromatic carbocycles. The van der Waals surface area contributed by atoms with Gasteiger partial charge >= 0.3 is 0 Å². The summed E-state index contributed by atoms with van der Waals surface area (Å²) in [5.74, 6) is 0.667. The zero-order valence-corrected chi connectivity index (χ0v) is 17.5. The summed E-state index contributed by atoms with van der Waals surface area (Å²) >= 11 is 6.30. The van der Waals surface area contributed by atoms with Crippen LogP contribution in [0.2, 0.25) is 5.02 Å². The van der Waals surface area contributed by atoms with Crippen LogP contribution < -0.4 is 20.1 Å². The highest BCUT2D eigenvalue weighted by Crippen LogP contribution is 2.30. The first kappa shape index (κ1) is 20.6. The first-order valence-corrected chi connectivity index (χ1v) is 10.1. The number of hydrogen-bond donors (Lipinski definition) is 2. The van der Waals surface area contributed by atoms with Gasteiger partial charge in [0, 0.05) is 18.2 Å². The normalized spacial score (nSPS) is 12.7. The van der Waals surface area contributed by atoms with E-state index in [9.17, 15) is 9.59 Å². The SMILES string of the molecule is CNC(=O)COc1ccc(C(=O)NC2=NC(c3ccc(OC)cc3Cl)=C[Si]2)cc1. The number of methoxy groups -OCH3 is 1. The Morgan fingerprint density at radius 2 is 1.86 bits per heavy atom. The molecule has 0 atom stereocenters. The molecule has 0 saturated carbocycles. The molecule has 3 rings (SSSR count). The van der Waals surface area contributed by atoms with Gasteiger partial charge in [0.2, 0.25) is 0 Å². The van der Waals surface area contributed by atoms with Crippen molar-refractivity contribution in [3.63, 3.8) is 0 Å². The molecule has 2 aromatic rings. The van der Waals surface area contributed by atoms with Crippen LogP contribution in [0.5, 0.6) is 11.5 Å². The lowest BCUT2D eigenvalue weighted by Crippen LogP contribution is -2.32. The van der Waals surface area contributed by atoms with Crippen LogP contribution in [0.15, 0.2) is 53.2 Å². The standard InChI is InChI=1S/C20H18ClN3O4Si/c1-22-18(25)10-28-13-5-3-12(4-6-13)19(26)24-20-23-17(11-29-20)15-8-7-14(27-2)9-16(15)21/h3-9,11H,10H2,1-2H3,(H,22,25)(H,23,24,26). The third kappa shape index (κ3) is 5.24. The zero-order valence-electron chi connectivity index (χ0n) is 15.8. The van der Waals surface area contributed by atoms with E-state index in [0.29, 0.717) is 33.2 Å². The van der Waals surface area contributed by atoms with Crippen molar-refractivity contribution in [1.29, 1.82) is 0 Å². The lowest BCUT2D eigenvalue weighted by molar-refractivity contribution is -0.122. The van der Waals surface area contributed by atoms with E-state index in [0.717, 1.165) is 5.56 Å². The van der Waals surface area contributed by atoms with E-state index in [4.69, 9.17) is 21.1 Å². The van der Waals surface area contributed by atoms with Crippen molar-refractivity contribution < 1.29 is 19.1 Å². The van der Waals surface area contributed by atoms with Gasteiger partial charge in [-0.25, -0.2) is 4.99 Å². The van der Waals surface area contributed by atoms with Crippen LogP contribution in [0.3, 0.4) is 0 Å². The maximum Gasteiger partial charge on any atom is 0.257 e. The minimum absolute atomic E-state index is 0.0810. The van der Waals surface area contributed by atoms with Gasteiger partial charge < -0.3 is 20.1 Å². The van der Waals surface area contributed by atoms with Crippen LogP contribution in [-0.2, 0) is 4.79 Å². The summed E-state index contributed by atoms with van der Waals surface area (Å²) in [5.41, 5.74) is 4.45. The summed E-state index contributed by atoms with van der Waals surface area (Å²) in [4.78, 5) is 28.1. The van der Waals surface area contributed by atoms with E-state index in [1.807, 2.05) is 17.8 Å². The molecule has 0 unspecified atom stereocenters. The van der Waals surface area contributed by atoms with Gasteiger partial charge in [-0.1, -0.05) is 17.3 Å². The van der Waals surface area contributed by atoms with Crippen molar-refractivity contribution in [2.24, 2.45) is 4.99 Å². The third-order valence-electron chi connectivity index (χ3n) is 4.03. The number of rotatable bonds is 6. The molecule has 2 amide bonds. The molecule has 0 spiro atoms. The Balaban J connectivity index is 1.61. The number of halogens is 1. The average molecular weight is 428 g/mol. The minimum atomic E-state index is -0.274. The Kier molecular flexibility index (Phi) is 6.68. The molecule has 7 nitrogen and oxygen atoms in total. The van der Waals surface area contributed by atoms with E-state index in [-0.39, 0.29) is 27.9 Å². The highest BCUT2D eigenvalue weighted by atomic mass is 35.5. The Labute approximate surface area is 175 Å². The number of likely N-dealkylation sites (N-methyl/N-ethyl adjacent to an activating group) is 1. The van der Waals surface area contributed by atoms with Crippen LogP contribution in [0.4, 0.5) is 0 Å². The monoisotopic (exact) mass is 427 g/mol. The van der Waals surface area contributed by atoms with Crippen molar-refractivity contribution in [3.8, 4) is 11.5 Å². The minimum Gasteiger partial charge on any atom is -0.497 e. The smallest absolute Gasteiger partial charge is 0.257 e. The summed E-state index contributed by atoms with van der Waals surface area (Å²) in [6.07, 6.45) is 0. The second kappa shape index (κ2) is 9.40. The van der Waals surface area contributed by atoms with E-state index in [1.54, 1.807) is 37.4 Å². The largest absolute Gasteiger partial charge is 0.497 e. The van der Waals surface area contributed by atoms with Gasteiger partial charge in [-0.15, -0.1) is 0 Å². The molecule has 0 aliphatic carbocycles. The van der Waals surface area contributed by atoms with Crippen LogP contribution in [-0.4, -0.2) is 47.6 Å². The fourth-order valence-electron chi connectivity index (χ4n) is 2.46. The number of hydrogen-bond acceptors (Lipinski definition) is 5. The van der Waals surface area contributed by atoms with Gasteiger partial charge in [-0.2, -0.15) is 0 Å². The number of aliphatic imine (C=N–C) groups is 1. The van der Waals surface area contributed by atoms with Crippen molar-refractivity contribution in [3.05, 3.63) is 64.3 Å². The number of benzene rings is 2. The van der Waals surface area contributed by atoms with Crippen molar-refractivity contribution in [2.75, 3.05) is 20.8 Å². The molecular weight excluding hydrogens is 410 g/mol. The molecule has 2 radical (unpaired) electrons. The summed E-state index contributed by atoms with van der Waals surface area (Å²) in [5, 5.41) is 5.82. The number of carbonyl (C=O) groups excluding carboxylic acids is 2. The van der Waals surface area contributed by atoms with E-state index in [2.05, 4.69) is 15.6 Å². The maximum absolute atomic E-state index is 12.5. The zero-order chi connectivity index (χ0) is 20.8. The molecule has 0 bridgehead atoms. The molecule has 2 N–H and O–H groups in total. The van der Waals surface area contributed by atoms with Gasteiger partial charge in [0.25, 0.3) is 11.8 Å². The second-order valence-corrected chi connectivity index (χ2v) is 7.38. The topological polar surface area (TPSA) is 89.0 Å². The Morgan fingerprint density at radius 3 is 2.52 bits per heavy atom. The molecule has 9 heteroatoms. The molecular formula is C20H18ClN3O4Si. The number of nitrogens with zero attached hydrogens (tertiary/aromatic N) is 1. The van der Waals surface area contributed by atoms with Gasteiger partial charge in [-0.05, 0) is 42.5 Å². The molecule has 0 fully saturated rings. The van der Waals surface area contributed by atoms with E-state index in [1.165, 1.54) is 7.05 Å². The fraction of sp³-hybridized carbons (Fsp3) is 0.150. The van der Waals surface area contributed by atoms with Gasteiger partial charge in [-0.3, -0.25) is 9.59 Å². The van der Waals surface area contributed by atoms with E-state index < -0.39 is 0 Å². The van der Waals surface area contributed by atoms with Crippen molar-refractivity contribution in [1.82, 2.24) is 10.6 Å². The predicted octanol–water partition coefficient (Wildman–Crippen LogP) is 2.28. The summed E-state index contributed by atoms with van der Waals surface area (Å²) < 4.78 is 10.5. The maximum atomic E-state index is 12.5. The summed E-state index contributed by atoms with van der Waals surface area (Å²) in [6.45, 7) is -0.0810. The van der Waals surface area contributed by atoms with Crippen molar-refractivity contribution >= 4 is 44.1 Å². The molecule has 1 aliphatic heterocycles. The Morgan fingerprint density at radius 1 is 1.14 bits per heavy atom. The first-order valence-electron chi connectivity index (χ1n) is 8.64. The van der Waals surface area contributed by atoms with E-state index >= 15 is 0 Å². The Hall–Kier alpha value is -3.10. The molecule has 1 aliphatic rings. The van der Waals surface area contributed by atoms with Crippen LogP contribution in [0, 0.1) is 0 Å². The van der Waals surface area contributed by atoms with Crippen LogP contribution in [0.25, 0.3) is 5.70 Å². The number of ether oxygens (including phenoxy) is 2. The fourth-order valence-corrected chi connectivity index (χ4v) is 3.59. The second-order valence-electron chi connectivity index (χ2n) is 5.92. The van der Waals surface area contributed by atoms with Gasteiger partial charge in [0.1, 0.15) is 11.5 Å². The molecule has 1 heterocycles. The Bertz CT molecular complexity index is 990. The molecule has 0 aromatic heterocycles. The van der Waals surface area contributed by atoms with Crippen LogP contribution >= 0.6 is 11.6 Å². The highest BCUT2D eigenvalue weighted by Gasteiger charge is 2.17. The molecule has 29 heavy (non-hydrogen) atoms. The molecule has 148 valence electrons. The lowest BCUT2D eigenvalue weighted by atomic mass is 10.1. The lowest BCUT2D eigenvalue weighted by Gasteiger charge is -2.08. The van der Waals surface area contributed by atoms with Gasteiger partial charge in [0.15, 0.2) is 16.1 Å². The summed E-state index contributed by atoms with van der Waals surface area (Å²) in [7, 11) is 3.34. The predicted molar refractivity (Wildman–Crippen MR) is 113 cm³/mol.